The maximum absolute atomic E-state index is 6.70. The molecule has 0 aliphatic rings. The molecular weight excluding hydrogens is 1060 g/mol. The normalized spacial score (nSPS) is 11.2. The van der Waals surface area contributed by atoms with Crippen molar-refractivity contribution in [3.63, 3.8) is 0 Å². The van der Waals surface area contributed by atoms with Gasteiger partial charge in [-0.15, -0.1) is 29.7 Å². The standard InChI is InChI=1S/C75H105O8Si.Li/c1-53(2)28-37-76-68-26-27-69(77-38-29-54(3)4)61(46-68)20-21-62-47-71(79-40-31-56(7)8)63(48-70(62)78-39-30-55(5)6)22-23-64-49-73(81-42-33-58(11)12)65(50-72(64)80-41-32-57(9)10)24-25-66-51-75(83-44-35-60(15)16)67(36-45-84(17,18)19)52-74(66)82-43-34-59(13)14;/h26,46-60H,28-35,37-44H2,1-19H3;/q-1;+1. The Labute approximate surface area is 530 Å². The van der Waals surface area contributed by atoms with Crippen molar-refractivity contribution in [3.05, 3.63) is 93.5 Å². The fourth-order valence-electron chi connectivity index (χ4n) is 7.64. The first-order valence-electron chi connectivity index (χ1n) is 31.6. The zero-order chi connectivity index (χ0) is 61.8. The summed E-state index contributed by atoms with van der Waals surface area (Å²) < 4.78 is 52.3. The number of hydrogen-bond donors (Lipinski definition) is 0. The molecule has 10 heteroatoms. The molecule has 0 heterocycles. The van der Waals surface area contributed by atoms with Crippen molar-refractivity contribution in [2.75, 3.05) is 52.9 Å². The quantitative estimate of drug-likeness (QED) is 0.0272. The minimum atomic E-state index is -1.72. The number of benzene rings is 4. The molecular formula is C75H105LiO8Si. The minimum absolute atomic E-state index is 0. The zero-order valence-corrected chi connectivity index (χ0v) is 57.3. The maximum atomic E-state index is 6.70. The SMILES string of the molecule is CC(C)CCOc1c[c-]c(OCCC(C)C)c(C#Cc2cc(OCCC(C)C)c(C#Cc3cc(OCCC(C)C)c(C#Cc4cc(OCCC(C)C)c(C#C[Si](C)(C)C)cc4OCCC(C)C)cc3OCCC(C)C)cc2OCCC(C)C)c1.[Li+]. The average molecular weight is 1170 g/mol. The third kappa shape index (κ3) is 29.5. The van der Waals surface area contributed by atoms with E-state index in [2.05, 4.69) is 183 Å². The summed E-state index contributed by atoms with van der Waals surface area (Å²) in [6.45, 7) is 46.2. The fraction of sp³-hybridized carbons (Fsp3) is 0.573. The van der Waals surface area contributed by atoms with Crippen molar-refractivity contribution in [2.24, 2.45) is 47.3 Å². The van der Waals surface area contributed by atoms with E-state index in [0.717, 1.165) is 56.9 Å². The summed E-state index contributed by atoms with van der Waals surface area (Å²) in [6, 6.07) is 19.1. The van der Waals surface area contributed by atoms with Crippen LogP contribution in [-0.4, -0.2) is 60.9 Å². The van der Waals surface area contributed by atoms with Gasteiger partial charge in [-0.25, -0.2) is 0 Å². The number of ether oxygens (including phenoxy) is 8. The summed E-state index contributed by atoms with van der Waals surface area (Å²) in [5.41, 5.74) is 8.49. The number of rotatable bonds is 32. The van der Waals surface area contributed by atoms with E-state index in [9.17, 15) is 0 Å². The van der Waals surface area contributed by atoms with Crippen molar-refractivity contribution >= 4 is 8.07 Å². The first kappa shape index (κ1) is 73.6. The maximum Gasteiger partial charge on any atom is 1.00 e. The van der Waals surface area contributed by atoms with Gasteiger partial charge >= 0.3 is 18.9 Å². The van der Waals surface area contributed by atoms with Crippen LogP contribution in [0.25, 0.3) is 0 Å². The van der Waals surface area contributed by atoms with Gasteiger partial charge in [0.15, 0.2) is 0 Å². The van der Waals surface area contributed by atoms with E-state index >= 15 is 0 Å². The summed E-state index contributed by atoms with van der Waals surface area (Å²) >= 11 is 0. The van der Waals surface area contributed by atoms with Crippen LogP contribution in [0.4, 0.5) is 0 Å². The Morgan fingerprint density at radius 2 is 0.529 bits per heavy atom. The van der Waals surface area contributed by atoms with Crippen molar-refractivity contribution in [2.45, 2.75) is 182 Å². The van der Waals surface area contributed by atoms with E-state index in [4.69, 9.17) is 37.9 Å². The second-order valence-corrected chi connectivity index (χ2v) is 31.4. The summed E-state index contributed by atoms with van der Waals surface area (Å²) in [5.74, 6) is 33.4. The third-order valence-electron chi connectivity index (χ3n) is 13.3. The van der Waals surface area contributed by atoms with Crippen LogP contribution in [-0.2, 0) is 0 Å². The molecule has 0 spiro atoms. The Morgan fingerprint density at radius 1 is 0.306 bits per heavy atom. The van der Waals surface area contributed by atoms with Crippen molar-refractivity contribution in [1.29, 1.82) is 0 Å². The van der Waals surface area contributed by atoms with Crippen LogP contribution in [0, 0.1) is 100 Å². The van der Waals surface area contributed by atoms with E-state index in [0.29, 0.717) is 180 Å². The van der Waals surface area contributed by atoms with Gasteiger partial charge in [-0.2, -0.15) is 0 Å². The molecule has 0 aliphatic heterocycles. The van der Waals surface area contributed by atoms with E-state index in [1.54, 1.807) is 0 Å². The Hall–Kier alpha value is -5.67. The Balaban J connectivity index is 0.0000189. The fourth-order valence-corrected chi connectivity index (χ4v) is 8.15. The summed E-state index contributed by atoms with van der Waals surface area (Å²) in [4.78, 5) is 0. The minimum Gasteiger partial charge on any atom is -0.551 e. The number of hydrogen-bond acceptors (Lipinski definition) is 8. The van der Waals surface area contributed by atoms with Crippen LogP contribution in [0.2, 0.25) is 19.6 Å². The van der Waals surface area contributed by atoms with Gasteiger partial charge in [0.05, 0.1) is 86.2 Å². The Bertz CT molecular complexity index is 2920. The molecule has 8 nitrogen and oxygen atoms in total. The molecule has 458 valence electrons. The van der Waals surface area contributed by atoms with E-state index < -0.39 is 8.07 Å². The first-order chi connectivity index (χ1) is 39.8. The average Bonchev–Trinajstić information content (AvgIpc) is 3.54. The predicted molar refractivity (Wildman–Crippen MR) is 352 cm³/mol. The molecule has 0 aromatic heterocycles. The largest absolute Gasteiger partial charge is 1.00 e. The molecule has 0 bridgehead atoms. The van der Waals surface area contributed by atoms with E-state index in [1.165, 1.54) is 0 Å². The molecule has 0 atom stereocenters. The van der Waals surface area contributed by atoms with Crippen LogP contribution in [0.15, 0.2) is 48.5 Å². The molecule has 0 fully saturated rings. The molecule has 0 saturated heterocycles. The van der Waals surface area contributed by atoms with Gasteiger partial charge in [-0.05, 0) is 104 Å². The zero-order valence-electron chi connectivity index (χ0n) is 56.3. The monoisotopic (exact) mass is 1170 g/mol. The molecule has 4 aromatic rings. The van der Waals surface area contributed by atoms with Gasteiger partial charge in [-0.3, -0.25) is 0 Å². The van der Waals surface area contributed by atoms with Crippen LogP contribution in [0.1, 0.15) is 201 Å². The predicted octanol–water partition coefficient (Wildman–Crippen LogP) is 15.3. The topological polar surface area (TPSA) is 73.8 Å². The van der Waals surface area contributed by atoms with Gasteiger partial charge < -0.3 is 37.9 Å². The van der Waals surface area contributed by atoms with Crippen molar-refractivity contribution in [3.8, 4) is 93.0 Å². The van der Waals surface area contributed by atoms with E-state index in [1.807, 2.05) is 48.5 Å². The molecule has 0 N–H and O–H groups in total. The third-order valence-corrected chi connectivity index (χ3v) is 14.2. The van der Waals surface area contributed by atoms with Gasteiger partial charge in [0, 0.05) is 47.9 Å². The molecule has 4 rings (SSSR count). The Morgan fingerprint density at radius 3 is 0.776 bits per heavy atom. The van der Waals surface area contributed by atoms with Gasteiger partial charge in [0.1, 0.15) is 42.6 Å². The summed E-state index contributed by atoms with van der Waals surface area (Å²) in [6.07, 6.45) is 7.11. The van der Waals surface area contributed by atoms with Crippen molar-refractivity contribution < 1.29 is 56.8 Å². The molecule has 4 aromatic carbocycles. The molecule has 85 heavy (non-hydrogen) atoms. The molecule has 0 aliphatic carbocycles. The Kier molecular flexibility index (Phi) is 33.3. The van der Waals surface area contributed by atoms with E-state index in [-0.39, 0.29) is 18.9 Å². The molecule has 0 saturated carbocycles. The van der Waals surface area contributed by atoms with Gasteiger partial charge in [-0.1, -0.05) is 166 Å². The van der Waals surface area contributed by atoms with Gasteiger partial charge in [0.2, 0.25) is 0 Å². The van der Waals surface area contributed by atoms with Crippen molar-refractivity contribution in [1.82, 2.24) is 0 Å². The summed E-state index contributed by atoms with van der Waals surface area (Å²) in [5, 5.41) is 0. The molecule has 0 radical (unpaired) electrons. The second kappa shape index (κ2) is 38.5. The van der Waals surface area contributed by atoms with Crippen LogP contribution in [0.3, 0.4) is 0 Å². The molecule has 0 unspecified atom stereocenters. The first-order valence-corrected chi connectivity index (χ1v) is 35.1. The van der Waals surface area contributed by atoms with Crippen LogP contribution in [0.5, 0.6) is 46.0 Å². The second-order valence-electron chi connectivity index (χ2n) is 26.6. The summed E-state index contributed by atoms with van der Waals surface area (Å²) in [7, 11) is -1.72. The molecule has 0 amide bonds. The van der Waals surface area contributed by atoms with Gasteiger partial charge in [0.25, 0.3) is 0 Å². The van der Waals surface area contributed by atoms with Crippen LogP contribution >= 0.6 is 0 Å². The van der Waals surface area contributed by atoms with Crippen LogP contribution < -0.4 is 56.8 Å². The smallest absolute Gasteiger partial charge is 0.551 e.